The van der Waals surface area contributed by atoms with E-state index in [1.54, 1.807) is 0 Å². The highest BCUT2D eigenvalue weighted by Crippen LogP contribution is 2.34. The average Bonchev–Trinajstić information content (AvgIpc) is 3.20. The molecule has 0 heterocycles. The predicted molar refractivity (Wildman–Crippen MR) is 70.2 cm³/mol. The molecule has 17 heavy (non-hydrogen) atoms. The molecule has 1 fully saturated rings. The first-order valence-electron chi connectivity index (χ1n) is 6.47. The van der Waals surface area contributed by atoms with Crippen LogP contribution in [0.15, 0.2) is 30.3 Å². The maximum atomic E-state index is 11.9. The zero-order valence-electron chi connectivity index (χ0n) is 10.7. The predicted octanol–water partition coefficient (Wildman–Crippen LogP) is 2.99. The number of nitrogens with zero attached hydrogens (tertiary/aromatic N) is 1. The van der Waals surface area contributed by atoms with Crippen molar-refractivity contribution in [3.63, 3.8) is 0 Å². The summed E-state index contributed by atoms with van der Waals surface area (Å²) in [6.45, 7) is 3.13. The van der Waals surface area contributed by atoms with Gasteiger partial charge in [0.25, 0.3) is 0 Å². The van der Waals surface area contributed by atoms with Crippen LogP contribution >= 0.6 is 0 Å². The van der Waals surface area contributed by atoms with Crippen molar-refractivity contribution in [1.29, 1.82) is 0 Å². The summed E-state index contributed by atoms with van der Waals surface area (Å²) >= 11 is 0. The maximum absolute atomic E-state index is 11.9. The Labute approximate surface area is 104 Å². The van der Waals surface area contributed by atoms with Gasteiger partial charge in [0.05, 0.1) is 0 Å². The quantitative estimate of drug-likeness (QED) is 0.701. The second kappa shape index (κ2) is 5.46. The van der Waals surface area contributed by atoms with E-state index >= 15 is 0 Å². The fourth-order valence-electron chi connectivity index (χ4n) is 2.19. The number of hydrogen-bond acceptors (Lipinski definition) is 2. The molecule has 1 aromatic rings. The molecule has 0 saturated heterocycles. The molecule has 0 aliphatic heterocycles. The van der Waals surface area contributed by atoms with Crippen molar-refractivity contribution in [1.82, 2.24) is 4.90 Å². The number of carbonyl (C=O) groups is 1. The van der Waals surface area contributed by atoms with Gasteiger partial charge in [0, 0.05) is 24.6 Å². The van der Waals surface area contributed by atoms with Gasteiger partial charge in [-0.05, 0) is 32.7 Å². The fraction of sp³-hybridized carbons (Fsp3) is 0.533. The molecule has 1 unspecified atom stereocenters. The SMILES string of the molecule is CC(C1CC1)N(C)CCC(=O)c1ccccc1. The smallest absolute Gasteiger partial charge is 0.164 e. The van der Waals surface area contributed by atoms with E-state index in [-0.39, 0.29) is 5.78 Å². The normalized spacial score (nSPS) is 17.1. The molecule has 0 aromatic heterocycles. The second-order valence-electron chi connectivity index (χ2n) is 5.10. The van der Waals surface area contributed by atoms with Crippen LogP contribution in [0.1, 0.15) is 36.5 Å². The topological polar surface area (TPSA) is 20.3 Å². The van der Waals surface area contributed by atoms with E-state index in [0.29, 0.717) is 12.5 Å². The summed E-state index contributed by atoms with van der Waals surface area (Å²) in [7, 11) is 2.13. The van der Waals surface area contributed by atoms with E-state index in [0.717, 1.165) is 18.0 Å². The molecule has 1 aliphatic carbocycles. The molecule has 1 aliphatic rings. The first-order chi connectivity index (χ1) is 8.18. The second-order valence-corrected chi connectivity index (χ2v) is 5.10. The van der Waals surface area contributed by atoms with Crippen molar-refractivity contribution in [2.24, 2.45) is 5.92 Å². The molecule has 1 saturated carbocycles. The molecule has 0 radical (unpaired) electrons. The fourth-order valence-corrected chi connectivity index (χ4v) is 2.19. The first kappa shape index (κ1) is 12.3. The van der Waals surface area contributed by atoms with Crippen molar-refractivity contribution in [2.75, 3.05) is 13.6 Å². The van der Waals surface area contributed by atoms with Crippen molar-refractivity contribution in [2.45, 2.75) is 32.2 Å². The van der Waals surface area contributed by atoms with Crippen LogP contribution < -0.4 is 0 Å². The number of carbonyl (C=O) groups excluding carboxylic acids is 1. The van der Waals surface area contributed by atoms with Gasteiger partial charge in [-0.25, -0.2) is 0 Å². The molecule has 0 amide bonds. The van der Waals surface area contributed by atoms with E-state index in [1.807, 2.05) is 30.3 Å². The summed E-state index contributed by atoms with van der Waals surface area (Å²) in [5.41, 5.74) is 0.833. The number of Topliss-reactive ketones (excluding diaryl/α,β-unsaturated/α-hetero) is 1. The lowest BCUT2D eigenvalue weighted by molar-refractivity contribution is 0.0959. The molecule has 0 spiro atoms. The Kier molecular flexibility index (Phi) is 3.95. The molecule has 2 heteroatoms. The van der Waals surface area contributed by atoms with Gasteiger partial charge in [-0.2, -0.15) is 0 Å². The van der Waals surface area contributed by atoms with Gasteiger partial charge in [-0.3, -0.25) is 4.79 Å². The Hall–Kier alpha value is -1.15. The molecule has 0 bridgehead atoms. The lowest BCUT2D eigenvalue weighted by Crippen LogP contribution is -2.32. The van der Waals surface area contributed by atoms with Crippen molar-refractivity contribution in [3.8, 4) is 0 Å². The number of ketones is 1. The van der Waals surface area contributed by atoms with Crippen LogP contribution in [0.4, 0.5) is 0 Å². The lowest BCUT2D eigenvalue weighted by Gasteiger charge is -2.24. The van der Waals surface area contributed by atoms with Gasteiger partial charge in [0.1, 0.15) is 0 Å². The Morgan fingerprint density at radius 1 is 1.35 bits per heavy atom. The molecule has 1 aromatic carbocycles. The summed E-state index contributed by atoms with van der Waals surface area (Å²) in [5.74, 6) is 1.12. The van der Waals surface area contributed by atoms with Gasteiger partial charge in [-0.15, -0.1) is 0 Å². The maximum Gasteiger partial charge on any atom is 0.164 e. The summed E-state index contributed by atoms with van der Waals surface area (Å²) < 4.78 is 0. The van der Waals surface area contributed by atoms with Crippen LogP contribution in [0.2, 0.25) is 0 Å². The van der Waals surface area contributed by atoms with E-state index < -0.39 is 0 Å². The van der Waals surface area contributed by atoms with Crippen LogP contribution in [0, 0.1) is 5.92 Å². The summed E-state index contributed by atoms with van der Waals surface area (Å²) in [6, 6.07) is 10.2. The number of rotatable bonds is 6. The summed E-state index contributed by atoms with van der Waals surface area (Å²) in [4.78, 5) is 14.2. The van der Waals surface area contributed by atoms with Gasteiger partial charge >= 0.3 is 0 Å². The Morgan fingerprint density at radius 2 is 2.00 bits per heavy atom. The van der Waals surface area contributed by atoms with Crippen LogP contribution in [0.25, 0.3) is 0 Å². The highest BCUT2D eigenvalue weighted by Gasteiger charge is 2.30. The van der Waals surface area contributed by atoms with Crippen LogP contribution in [0.5, 0.6) is 0 Å². The van der Waals surface area contributed by atoms with Gasteiger partial charge in [0.15, 0.2) is 5.78 Å². The molecule has 92 valence electrons. The minimum absolute atomic E-state index is 0.250. The summed E-state index contributed by atoms with van der Waals surface area (Å²) in [6.07, 6.45) is 3.34. The number of hydrogen-bond donors (Lipinski definition) is 0. The minimum Gasteiger partial charge on any atom is -0.303 e. The third-order valence-electron chi connectivity index (χ3n) is 3.79. The van der Waals surface area contributed by atoms with Crippen LogP contribution in [0.3, 0.4) is 0 Å². The molecule has 1 atom stereocenters. The van der Waals surface area contributed by atoms with Crippen molar-refractivity contribution >= 4 is 5.78 Å². The summed E-state index contributed by atoms with van der Waals surface area (Å²) in [5, 5.41) is 0. The number of benzene rings is 1. The zero-order chi connectivity index (χ0) is 12.3. The van der Waals surface area contributed by atoms with Crippen molar-refractivity contribution < 1.29 is 4.79 Å². The van der Waals surface area contributed by atoms with E-state index in [1.165, 1.54) is 12.8 Å². The van der Waals surface area contributed by atoms with E-state index in [2.05, 4.69) is 18.9 Å². The van der Waals surface area contributed by atoms with Gasteiger partial charge < -0.3 is 4.90 Å². The van der Waals surface area contributed by atoms with Crippen molar-refractivity contribution in [3.05, 3.63) is 35.9 Å². The van der Waals surface area contributed by atoms with Crippen LogP contribution in [-0.2, 0) is 0 Å². The molecular formula is C15H21NO. The third kappa shape index (κ3) is 3.40. The van der Waals surface area contributed by atoms with E-state index in [9.17, 15) is 4.79 Å². The van der Waals surface area contributed by atoms with Gasteiger partial charge in [-0.1, -0.05) is 30.3 Å². The highest BCUT2D eigenvalue weighted by molar-refractivity contribution is 5.96. The Balaban J connectivity index is 1.79. The van der Waals surface area contributed by atoms with Crippen LogP contribution in [-0.4, -0.2) is 30.3 Å². The Morgan fingerprint density at radius 3 is 2.59 bits per heavy atom. The first-order valence-corrected chi connectivity index (χ1v) is 6.47. The van der Waals surface area contributed by atoms with Gasteiger partial charge in [0.2, 0.25) is 0 Å². The monoisotopic (exact) mass is 231 g/mol. The largest absolute Gasteiger partial charge is 0.303 e. The lowest BCUT2D eigenvalue weighted by atomic mass is 10.1. The van der Waals surface area contributed by atoms with E-state index in [4.69, 9.17) is 0 Å². The molecule has 2 nitrogen and oxygen atoms in total. The third-order valence-corrected chi connectivity index (χ3v) is 3.79. The standard InChI is InChI=1S/C15H21NO/c1-12(13-8-9-13)16(2)11-10-15(17)14-6-4-3-5-7-14/h3-7,12-13H,8-11H2,1-2H3. The highest BCUT2D eigenvalue weighted by atomic mass is 16.1. The molecular weight excluding hydrogens is 210 g/mol. The average molecular weight is 231 g/mol. The molecule has 0 N–H and O–H groups in total. The molecule has 2 rings (SSSR count). The Bertz CT molecular complexity index is 370. The minimum atomic E-state index is 0.250. The zero-order valence-corrected chi connectivity index (χ0v) is 10.7.